The first kappa shape index (κ1) is 26.2. The lowest BCUT2D eigenvalue weighted by Gasteiger charge is -2.37. The average Bonchev–Trinajstić information content (AvgIpc) is 3.63. The van der Waals surface area contributed by atoms with Gasteiger partial charge in [-0.3, -0.25) is 9.59 Å². The van der Waals surface area contributed by atoms with Crippen molar-refractivity contribution in [2.75, 3.05) is 40.0 Å². The molecule has 1 aromatic heterocycles. The number of para-hydroxylation sites is 2. The zero-order chi connectivity index (χ0) is 26.5. The molecule has 0 aliphatic carbocycles. The number of thiophene rings is 1. The van der Waals surface area contributed by atoms with E-state index >= 15 is 0 Å². The fraction of sp³-hybridized carbons (Fsp3) is 0.379. The molecule has 0 spiro atoms. The molecular weight excluding hydrogens is 507 g/mol. The molecule has 2 aliphatic heterocycles. The van der Waals surface area contributed by atoms with Crippen molar-refractivity contribution in [2.45, 2.75) is 31.4 Å². The molecule has 0 bridgehead atoms. The highest BCUT2D eigenvalue weighted by molar-refractivity contribution is 7.10. The van der Waals surface area contributed by atoms with E-state index < -0.39 is 5.82 Å². The molecule has 2 aliphatic rings. The summed E-state index contributed by atoms with van der Waals surface area (Å²) in [6.45, 7) is 1.56. The Hall–Kier alpha value is -3.43. The first-order chi connectivity index (χ1) is 18.5. The molecule has 2 amide bonds. The molecule has 3 heterocycles. The third kappa shape index (κ3) is 5.84. The van der Waals surface area contributed by atoms with Crippen molar-refractivity contribution in [1.29, 1.82) is 0 Å². The Morgan fingerprint density at radius 2 is 2.00 bits per heavy atom. The number of hydrogen-bond acceptors (Lipinski definition) is 6. The quantitative estimate of drug-likeness (QED) is 0.394. The molecule has 38 heavy (non-hydrogen) atoms. The molecule has 0 radical (unpaired) electrons. The standard InChI is InChI=1S/C29H31FN2O5S/c1-35-25-9-2-3-10-26(25)37-19-24-23-12-15-38-27(23)11-13-32(24)28(33)18-31(17-22-8-5-14-36-22)29(34)20-6-4-7-21(30)16-20/h2-4,6-7,9-10,12,15-16,22,24H,5,8,11,13-14,17-19H2,1H3/t22-,24-/m1/s1. The van der Waals surface area contributed by atoms with Gasteiger partial charge in [0.15, 0.2) is 11.5 Å². The smallest absolute Gasteiger partial charge is 0.254 e. The molecule has 7 nitrogen and oxygen atoms in total. The van der Waals surface area contributed by atoms with Gasteiger partial charge >= 0.3 is 0 Å². The van der Waals surface area contributed by atoms with Gasteiger partial charge in [-0.1, -0.05) is 18.2 Å². The van der Waals surface area contributed by atoms with Gasteiger partial charge in [-0.25, -0.2) is 4.39 Å². The molecule has 2 aromatic carbocycles. The Kier molecular flexibility index (Phi) is 8.24. The van der Waals surface area contributed by atoms with E-state index in [1.807, 2.05) is 35.7 Å². The van der Waals surface area contributed by atoms with Crippen LogP contribution in [-0.2, 0) is 16.0 Å². The van der Waals surface area contributed by atoms with Crippen LogP contribution in [0.4, 0.5) is 4.39 Å². The molecule has 0 N–H and O–H groups in total. The van der Waals surface area contributed by atoms with E-state index in [4.69, 9.17) is 14.2 Å². The summed E-state index contributed by atoms with van der Waals surface area (Å²) in [5.41, 5.74) is 1.28. The zero-order valence-corrected chi connectivity index (χ0v) is 22.1. The van der Waals surface area contributed by atoms with Crippen LogP contribution in [0.15, 0.2) is 60.0 Å². The minimum atomic E-state index is -0.492. The van der Waals surface area contributed by atoms with E-state index in [0.29, 0.717) is 24.7 Å². The number of carbonyl (C=O) groups is 2. The maximum absolute atomic E-state index is 13.9. The van der Waals surface area contributed by atoms with Crippen LogP contribution in [0.5, 0.6) is 11.5 Å². The third-order valence-electron chi connectivity index (χ3n) is 7.01. The van der Waals surface area contributed by atoms with Crippen molar-refractivity contribution in [3.8, 4) is 11.5 Å². The normalized spacial score (nSPS) is 18.6. The zero-order valence-electron chi connectivity index (χ0n) is 21.3. The van der Waals surface area contributed by atoms with Crippen LogP contribution < -0.4 is 9.47 Å². The highest BCUT2D eigenvalue weighted by Gasteiger charge is 2.34. The van der Waals surface area contributed by atoms with E-state index in [1.54, 1.807) is 29.4 Å². The Morgan fingerprint density at radius 3 is 2.76 bits per heavy atom. The fourth-order valence-electron chi connectivity index (χ4n) is 5.09. The van der Waals surface area contributed by atoms with Gasteiger partial charge in [0.2, 0.25) is 5.91 Å². The van der Waals surface area contributed by atoms with Crippen LogP contribution in [0.3, 0.4) is 0 Å². The van der Waals surface area contributed by atoms with Gasteiger partial charge in [0, 0.05) is 30.1 Å². The summed E-state index contributed by atoms with van der Waals surface area (Å²) in [5, 5.41) is 2.03. The Labute approximate surface area is 225 Å². The highest BCUT2D eigenvalue weighted by atomic mass is 32.1. The maximum Gasteiger partial charge on any atom is 0.254 e. The van der Waals surface area contributed by atoms with Crippen LogP contribution in [-0.4, -0.2) is 67.7 Å². The van der Waals surface area contributed by atoms with E-state index in [9.17, 15) is 14.0 Å². The van der Waals surface area contributed by atoms with Gasteiger partial charge in [0.25, 0.3) is 5.91 Å². The number of hydrogen-bond donors (Lipinski definition) is 0. The van der Waals surface area contributed by atoms with Crippen LogP contribution >= 0.6 is 11.3 Å². The molecule has 1 saturated heterocycles. The number of fused-ring (bicyclic) bond motifs is 1. The van der Waals surface area contributed by atoms with Crippen molar-refractivity contribution in [3.05, 3.63) is 81.8 Å². The van der Waals surface area contributed by atoms with Gasteiger partial charge in [-0.15, -0.1) is 11.3 Å². The second-order valence-corrected chi connectivity index (χ2v) is 10.4. The molecule has 5 rings (SSSR count). The van der Waals surface area contributed by atoms with Gasteiger partial charge in [0.05, 0.1) is 19.3 Å². The van der Waals surface area contributed by atoms with Crippen LogP contribution in [0, 0.1) is 5.82 Å². The molecule has 9 heteroatoms. The first-order valence-corrected chi connectivity index (χ1v) is 13.7. The monoisotopic (exact) mass is 538 g/mol. The predicted octanol–water partition coefficient (Wildman–Crippen LogP) is 4.72. The number of rotatable bonds is 9. The van der Waals surface area contributed by atoms with E-state index in [0.717, 1.165) is 24.8 Å². The second kappa shape index (κ2) is 12.0. The molecule has 3 aromatic rings. The summed E-state index contributed by atoms with van der Waals surface area (Å²) < 4.78 is 31.2. The van der Waals surface area contributed by atoms with Crippen molar-refractivity contribution in [3.63, 3.8) is 0 Å². The Bertz CT molecular complexity index is 1280. The number of amides is 2. The van der Waals surface area contributed by atoms with E-state index in [1.165, 1.54) is 28.0 Å². The molecule has 1 fully saturated rings. The SMILES string of the molecule is COc1ccccc1OC[C@@H]1c2ccsc2CCN1C(=O)CN(C[C@H]1CCCO1)C(=O)c1cccc(F)c1. The lowest BCUT2D eigenvalue weighted by molar-refractivity contribution is -0.135. The van der Waals surface area contributed by atoms with Gasteiger partial charge in [0.1, 0.15) is 19.0 Å². The van der Waals surface area contributed by atoms with Crippen molar-refractivity contribution in [2.24, 2.45) is 0 Å². The summed E-state index contributed by atoms with van der Waals surface area (Å²) in [6, 6.07) is 14.7. The Balaban J connectivity index is 1.36. The number of methoxy groups -OCH3 is 1. The van der Waals surface area contributed by atoms with Gasteiger partial charge < -0.3 is 24.0 Å². The largest absolute Gasteiger partial charge is 0.493 e. The molecule has 2 atom stereocenters. The summed E-state index contributed by atoms with van der Waals surface area (Å²) in [4.78, 5) is 31.7. The van der Waals surface area contributed by atoms with Gasteiger partial charge in [-0.2, -0.15) is 0 Å². The number of benzene rings is 2. The molecule has 0 unspecified atom stereocenters. The lowest BCUT2D eigenvalue weighted by Crippen LogP contribution is -2.49. The fourth-order valence-corrected chi connectivity index (χ4v) is 6.02. The maximum atomic E-state index is 13.9. The second-order valence-electron chi connectivity index (χ2n) is 9.44. The molecule has 200 valence electrons. The summed E-state index contributed by atoms with van der Waals surface area (Å²) in [6.07, 6.45) is 2.33. The minimum Gasteiger partial charge on any atom is -0.493 e. The lowest BCUT2D eigenvalue weighted by atomic mass is 10.00. The molecular formula is C29H31FN2O5S. The van der Waals surface area contributed by atoms with Crippen LogP contribution in [0.1, 0.15) is 39.7 Å². The predicted molar refractivity (Wildman–Crippen MR) is 142 cm³/mol. The first-order valence-electron chi connectivity index (χ1n) is 12.8. The Morgan fingerprint density at radius 1 is 1.16 bits per heavy atom. The minimum absolute atomic E-state index is 0.125. The average molecular weight is 539 g/mol. The number of nitrogens with zero attached hydrogens (tertiary/aromatic N) is 2. The van der Waals surface area contributed by atoms with E-state index in [2.05, 4.69) is 0 Å². The number of ether oxygens (including phenoxy) is 3. The third-order valence-corrected chi connectivity index (χ3v) is 8.01. The summed E-state index contributed by atoms with van der Waals surface area (Å²) in [5.74, 6) is 0.164. The van der Waals surface area contributed by atoms with Crippen molar-refractivity contribution >= 4 is 23.2 Å². The summed E-state index contributed by atoms with van der Waals surface area (Å²) >= 11 is 1.68. The van der Waals surface area contributed by atoms with Crippen molar-refractivity contribution in [1.82, 2.24) is 9.80 Å². The topological polar surface area (TPSA) is 68.3 Å². The van der Waals surface area contributed by atoms with Crippen LogP contribution in [0.2, 0.25) is 0 Å². The van der Waals surface area contributed by atoms with Gasteiger partial charge in [-0.05, 0) is 66.6 Å². The van der Waals surface area contributed by atoms with E-state index in [-0.39, 0.29) is 49.2 Å². The molecule has 0 saturated carbocycles. The highest BCUT2D eigenvalue weighted by Crippen LogP contribution is 2.35. The van der Waals surface area contributed by atoms with Crippen molar-refractivity contribution < 1.29 is 28.2 Å². The number of halogens is 1. The van der Waals surface area contributed by atoms with Crippen LogP contribution in [0.25, 0.3) is 0 Å². The summed E-state index contributed by atoms with van der Waals surface area (Å²) in [7, 11) is 1.59. The number of carbonyl (C=O) groups excluding carboxylic acids is 2.